The third kappa shape index (κ3) is 7.58. The van der Waals surface area contributed by atoms with Crippen molar-refractivity contribution in [2.24, 2.45) is 0 Å². The van der Waals surface area contributed by atoms with E-state index in [2.05, 4.69) is 5.32 Å². The van der Waals surface area contributed by atoms with E-state index in [0.29, 0.717) is 12.1 Å². The number of carbonyl (C=O) groups excluding carboxylic acids is 2. The van der Waals surface area contributed by atoms with Crippen molar-refractivity contribution >= 4 is 27.5 Å². The first-order valence-corrected chi connectivity index (χ1v) is 13.3. The lowest BCUT2D eigenvalue weighted by atomic mass is 10.0. The van der Waals surface area contributed by atoms with Crippen LogP contribution in [0.4, 0.5) is 5.69 Å². The number of benzene rings is 2. The maximum atomic E-state index is 13.7. The zero-order chi connectivity index (χ0) is 25.7. The quantitative estimate of drug-likeness (QED) is 0.583. The number of carbonyl (C=O) groups is 2. The van der Waals surface area contributed by atoms with E-state index in [1.54, 1.807) is 25.1 Å². The Kier molecular flexibility index (Phi) is 8.89. The summed E-state index contributed by atoms with van der Waals surface area (Å²) in [4.78, 5) is 28.3. The molecule has 0 spiro atoms. The van der Waals surface area contributed by atoms with Crippen molar-refractivity contribution in [3.05, 3.63) is 65.2 Å². The van der Waals surface area contributed by atoms with Crippen molar-refractivity contribution in [2.45, 2.75) is 66.1 Å². The molecule has 2 aromatic carbocycles. The summed E-state index contributed by atoms with van der Waals surface area (Å²) in [5, 5.41) is 2.96. The van der Waals surface area contributed by atoms with E-state index >= 15 is 0 Å². The molecule has 1 atom stereocenters. The van der Waals surface area contributed by atoms with Crippen LogP contribution in [0.3, 0.4) is 0 Å². The van der Waals surface area contributed by atoms with Gasteiger partial charge >= 0.3 is 0 Å². The van der Waals surface area contributed by atoms with E-state index in [0.717, 1.165) is 27.3 Å². The normalized spacial score (nSPS) is 12.7. The van der Waals surface area contributed by atoms with Crippen LogP contribution >= 0.6 is 0 Å². The lowest BCUT2D eigenvalue weighted by Crippen LogP contribution is -2.55. The van der Waals surface area contributed by atoms with Gasteiger partial charge in [-0.25, -0.2) is 8.42 Å². The number of hydrogen-bond donors (Lipinski definition) is 1. The van der Waals surface area contributed by atoms with E-state index in [1.165, 1.54) is 4.90 Å². The van der Waals surface area contributed by atoms with Gasteiger partial charge in [-0.3, -0.25) is 13.9 Å². The fraction of sp³-hybridized carbons (Fsp3) is 0.462. The van der Waals surface area contributed by atoms with Gasteiger partial charge in [-0.15, -0.1) is 0 Å². The van der Waals surface area contributed by atoms with Crippen LogP contribution in [0, 0.1) is 13.8 Å². The first-order chi connectivity index (χ1) is 15.7. The van der Waals surface area contributed by atoms with Gasteiger partial charge in [0.05, 0.1) is 11.9 Å². The van der Waals surface area contributed by atoms with Crippen molar-refractivity contribution in [3.63, 3.8) is 0 Å². The van der Waals surface area contributed by atoms with Gasteiger partial charge in [0.25, 0.3) is 0 Å². The molecule has 1 N–H and O–H groups in total. The molecule has 186 valence electrons. The van der Waals surface area contributed by atoms with Gasteiger partial charge in [-0.1, -0.05) is 55.0 Å². The molecule has 0 aliphatic carbocycles. The van der Waals surface area contributed by atoms with E-state index in [9.17, 15) is 18.0 Å². The smallest absolute Gasteiger partial charge is 0.244 e. The number of anilines is 1. The maximum Gasteiger partial charge on any atom is 0.244 e. The molecule has 0 aliphatic heterocycles. The van der Waals surface area contributed by atoms with Gasteiger partial charge in [0, 0.05) is 12.1 Å². The number of nitrogens with zero attached hydrogens (tertiary/aromatic N) is 2. The molecule has 0 saturated carbocycles. The van der Waals surface area contributed by atoms with Crippen LogP contribution < -0.4 is 9.62 Å². The number of sulfonamides is 1. The third-order valence-corrected chi connectivity index (χ3v) is 6.51. The molecule has 34 heavy (non-hydrogen) atoms. The summed E-state index contributed by atoms with van der Waals surface area (Å²) in [6.45, 7) is 11.1. The monoisotopic (exact) mass is 487 g/mol. The molecule has 0 aromatic heterocycles. The largest absolute Gasteiger partial charge is 0.350 e. The van der Waals surface area contributed by atoms with E-state index < -0.39 is 34.1 Å². The van der Waals surface area contributed by atoms with Crippen LogP contribution in [0.15, 0.2) is 48.5 Å². The molecule has 0 bridgehead atoms. The maximum absolute atomic E-state index is 13.7. The minimum atomic E-state index is -3.74. The van der Waals surface area contributed by atoms with Gasteiger partial charge in [0.2, 0.25) is 21.8 Å². The first kappa shape index (κ1) is 27.4. The van der Waals surface area contributed by atoms with Crippen LogP contribution in [0.25, 0.3) is 0 Å². The zero-order valence-corrected chi connectivity index (χ0v) is 22.1. The Labute approximate surface area is 204 Å². The molecule has 2 amide bonds. The summed E-state index contributed by atoms with van der Waals surface area (Å²) < 4.78 is 26.5. The van der Waals surface area contributed by atoms with E-state index in [-0.39, 0.29) is 12.5 Å². The lowest BCUT2D eigenvalue weighted by Gasteiger charge is -2.34. The second-order valence-corrected chi connectivity index (χ2v) is 11.6. The Hall–Kier alpha value is -2.87. The Bertz CT molecular complexity index is 1120. The Balaban J connectivity index is 2.48. The van der Waals surface area contributed by atoms with Gasteiger partial charge in [0.15, 0.2) is 0 Å². The molecule has 2 aromatic rings. The molecule has 2 rings (SSSR count). The average molecular weight is 488 g/mol. The molecular formula is C26H37N3O4S. The number of hydrogen-bond acceptors (Lipinski definition) is 4. The van der Waals surface area contributed by atoms with Gasteiger partial charge in [-0.2, -0.15) is 0 Å². The predicted molar refractivity (Wildman–Crippen MR) is 137 cm³/mol. The predicted octanol–water partition coefficient (Wildman–Crippen LogP) is 3.79. The fourth-order valence-electron chi connectivity index (χ4n) is 3.82. The standard InChI is InChI=1S/C26H37N3O4S/c1-8-22(25(31)27-26(4,5)6)28(17-21-14-11-12-19(2)16-21)24(30)18-29(34(7,32)33)23-15-10-9-13-20(23)3/h9-16,22H,8,17-18H2,1-7H3,(H,27,31). The van der Waals surface area contributed by atoms with Crippen LogP contribution in [0.1, 0.15) is 50.8 Å². The highest BCUT2D eigenvalue weighted by Gasteiger charge is 2.33. The van der Waals surface area contributed by atoms with E-state index in [4.69, 9.17) is 0 Å². The highest BCUT2D eigenvalue weighted by atomic mass is 32.2. The van der Waals surface area contributed by atoms with Crippen molar-refractivity contribution < 1.29 is 18.0 Å². The summed E-state index contributed by atoms with van der Waals surface area (Å²) in [5.74, 6) is -0.705. The topological polar surface area (TPSA) is 86.8 Å². The van der Waals surface area contributed by atoms with Gasteiger partial charge < -0.3 is 10.2 Å². The molecule has 0 aliphatic rings. The Morgan fingerprint density at radius 2 is 1.68 bits per heavy atom. The zero-order valence-electron chi connectivity index (χ0n) is 21.3. The van der Waals surface area contributed by atoms with E-state index in [1.807, 2.05) is 65.0 Å². The fourth-order valence-corrected chi connectivity index (χ4v) is 4.72. The summed E-state index contributed by atoms with van der Waals surface area (Å²) >= 11 is 0. The Morgan fingerprint density at radius 3 is 2.21 bits per heavy atom. The second-order valence-electron chi connectivity index (χ2n) is 9.73. The van der Waals surface area contributed by atoms with Crippen LogP contribution in [-0.2, 0) is 26.2 Å². The number of aryl methyl sites for hydroxylation is 2. The molecule has 8 heteroatoms. The van der Waals surface area contributed by atoms with Crippen molar-refractivity contribution in [2.75, 3.05) is 17.1 Å². The number of para-hydroxylation sites is 1. The minimum absolute atomic E-state index is 0.196. The van der Waals surface area contributed by atoms with Gasteiger partial charge in [-0.05, 0) is 58.2 Å². The number of rotatable bonds is 9. The SMILES string of the molecule is CCC(C(=O)NC(C)(C)C)N(Cc1cccc(C)c1)C(=O)CN(c1ccccc1C)S(C)(=O)=O. The molecular weight excluding hydrogens is 450 g/mol. The van der Waals surface area contributed by atoms with Crippen LogP contribution in [0.2, 0.25) is 0 Å². The van der Waals surface area contributed by atoms with Crippen molar-refractivity contribution in [3.8, 4) is 0 Å². The molecule has 7 nitrogen and oxygen atoms in total. The highest BCUT2D eigenvalue weighted by molar-refractivity contribution is 7.92. The summed E-state index contributed by atoms with van der Waals surface area (Å²) in [7, 11) is -3.74. The number of nitrogens with one attached hydrogen (secondary N) is 1. The molecule has 1 unspecified atom stereocenters. The van der Waals surface area contributed by atoms with Crippen LogP contribution in [0.5, 0.6) is 0 Å². The van der Waals surface area contributed by atoms with Gasteiger partial charge in [0.1, 0.15) is 12.6 Å². The highest BCUT2D eigenvalue weighted by Crippen LogP contribution is 2.23. The second kappa shape index (κ2) is 11.0. The third-order valence-electron chi connectivity index (χ3n) is 5.38. The van der Waals surface area contributed by atoms with Crippen molar-refractivity contribution in [1.82, 2.24) is 10.2 Å². The van der Waals surface area contributed by atoms with Crippen molar-refractivity contribution in [1.29, 1.82) is 0 Å². The molecule has 0 heterocycles. The summed E-state index contributed by atoms with van der Waals surface area (Å²) in [6.07, 6.45) is 1.48. The number of amides is 2. The minimum Gasteiger partial charge on any atom is -0.350 e. The van der Waals surface area contributed by atoms with Crippen LogP contribution in [-0.4, -0.2) is 49.5 Å². The molecule has 0 fully saturated rings. The molecule has 0 saturated heterocycles. The summed E-state index contributed by atoms with van der Waals surface area (Å²) in [5.41, 5.74) is 2.62. The average Bonchev–Trinajstić information content (AvgIpc) is 2.70. The Morgan fingerprint density at radius 1 is 1.03 bits per heavy atom. The molecule has 0 radical (unpaired) electrons. The lowest BCUT2D eigenvalue weighted by molar-refractivity contribution is -0.141. The summed E-state index contributed by atoms with van der Waals surface area (Å²) in [6, 6.07) is 14.0. The first-order valence-electron chi connectivity index (χ1n) is 11.4.